The Balaban J connectivity index is 1.60. The summed E-state index contributed by atoms with van der Waals surface area (Å²) in [5, 5.41) is 3.19. The van der Waals surface area contributed by atoms with Crippen LogP contribution < -0.4 is 10.2 Å². The van der Waals surface area contributed by atoms with E-state index in [9.17, 15) is 14.0 Å². The fourth-order valence-corrected chi connectivity index (χ4v) is 3.73. The first-order chi connectivity index (χ1) is 15.5. The summed E-state index contributed by atoms with van der Waals surface area (Å²) >= 11 is 0. The van der Waals surface area contributed by atoms with E-state index in [0.29, 0.717) is 22.3 Å². The highest BCUT2D eigenvalue weighted by atomic mass is 19.1. The standard InChI is InChI=1S/C23H17FN6O2/c1-30-18-9-5-3-7-14(18)19(13-6-2-4-8-17(13)24)28-21(23(30)32)29-22(31)16-11-26-20-15(16)10-25-12-27-20/h2-12,21H,1H3,(H,29,31)(H,25,26,27). The Morgan fingerprint density at radius 3 is 2.69 bits per heavy atom. The van der Waals surface area contributed by atoms with E-state index in [1.54, 1.807) is 49.5 Å². The van der Waals surface area contributed by atoms with Gasteiger partial charge < -0.3 is 15.2 Å². The predicted molar refractivity (Wildman–Crippen MR) is 117 cm³/mol. The zero-order chi connectivity index (χ0) is 22.2. The number of aliphatic imine (C=N–C) groups is 1. The van der Waals surface area contributed by atoms with Crippen molar-refractivity contribution in [3.8, 4) is 0 Å². The van der Waals surface area contributed by atoms with Gasteiger partial charge >= 0.3 is 0 Å². The van der Waals surface area contributed by atoms with Crippen molar-refractivity contribution in [3.63, 3.8) is 0 Å². The number of fused-ring (bicyclic) bond motifs is 2. The lowest BCUT2D eigenvalue weighted by atomic mass is 10.00. The summed E-state index contributed by atoms with van der Waals surface area (Å²) in [7, 11) is 1.60. The van der Waals surface area contributed by atoms with Crippen LogP contribution in [-0.4, -0.2) is 45.7 Å². The van der Waals surface area contributed by atoms with Gasteiger partial charge in [-0.1, -0.05) is 30.3 Å². The van der Waals surface area contributed by atoms with E-state index < -0.39 is 23.8 Å². The maximum atomic E-state index is 14.7. The third-order valence-electron chi connectivity index (χ3n) is 5.34. The Bertz CT molecular complexity index is 1400. The highest BCUT2D eigenvalue weighted by Crippen LogP contribution is 2.28. The van der Waals surface area contributed by atoms with Crippen LogP contribution >= 0.6 is 0 Å². The van der Waals surface area contributed by atoms with Gasteiger partial charge in [-0.25, -0.2) is 19.4 Å². The lowest BCUT2D eigenvalue weighted by molar-refractivity contribution is -0.119. The fourth-order valence-electron chi connectivity index (χ4n) is 3.73. The van der Waals surface area contributed by atoms with Gasteiger partial charge in [0.05, 0.1) is 17.0 Å². The quantitative estimate of drug-likeness (QED) is 0.524. The summed E-state index contributed by atoms with van der Waals surface area (Å²) in [4.78, 5) is 43.1. The summed E-state index contributed by atoms with van der Waals surface area (Å²) < 4.78 is 14.7. The lowest BCUT2D eigenvalue weighted by Crippen LogP contribution is -2.46. The van der Waals surface area contributed by atoms with Crippen molar-refractivity contribution < 1.29 is 14.0 Å². The minimum absolute atomic E-state index is 0.239. The van der Waals surface area contributed by atoms with Gasteiger partial charge in [-0.15, -0.1) is 0 Å². The first-order valence-corrected chi connectivity index (χ1v) is 9.82. The number of likely N-dealkylation sites (N-methyl/N-ethyl adjacent to an activating group) is 1. The number of rotatable bonds is 3. The van der Waals surface area contributed by atoms with Crippen molar-refractivity contribution in [3.05, 3.63) is 89.8 Å². The highest BCUT2D eigenvalue weighted by Gasteiger charge is 2.32. The van der Waals surface area contributed by atoms with Gasteiger partial charge in [0.15, 0.2) is 0 Å². The maximum absolute atomic E-state index is 14.7. The molecule has 1 aliphatic heterocycles. The molecular formula is C23H17FN6O2. The number of H-pyrrole nitrogens is 1. The van der Waals surface area contributed by atoms with Gasteiger partial charge in [-0.2, -0.15) is 0 Å². The molecule has 3 heterocycles. The number of hydrogen-bond acceptors (Lipinski definition) is 5. The van der Waals surface area contributed by atoms with Crippen molar-refractivity contribution >= 4 is 34.2 Å². The van der Waals surface area contributed by atoms with Crippen LogP contribution in [0.15, 0.2) is 72.2 Å². The number of nitrogens with one attached hydrogen (secondary N) is 2. The van der Waals surface area contributed by atoms with Crippen LogP contribution in [-0.2, 0) is 4.79 Å². The number of carbonyl (C=O) groups is 2. The SMILES string of the molecule is CN1C(=O)C(NC(=O)c2c[nH]c3ncncc23)N=C(c2ccccc2F)c2ccccc21. The Morgan fingerprint density at radius 1 is 1.12 bits per heavy atom. The molecule has 1 aliphatic rings. The molecule has 2 N–H and O–H groups in total. The molecule has 5 rings (SSSR count). The van der Waals surface area contributed by atoms with Crippen LogP contribution in [0.2, 0.25) is 0 Å². The molecule has 8 nitrogen and oxygen atoms in total. The number of benzodiazepines with no additional fused rings is 1. The second-order valence-electron chi connectivity index (χ2n) is 7.24. The Kier molecular flexibility index (Phi) is 4.70. The molecule has 0 aliphatic carbocycles. The molecular weight excluding hydrogens is 411 g/mol. The second kappa shape index (κ2) is 7.69. The molecule has 2 amide bonds. The predicted octanol–water partition coefficient (Wildman–Crippen LogP) is 2.67. The monoisotopic (exact) mass is 428 g/mol. The molecule has 9 heteroatoms. The molecule has 2 aromatic carbocycles. The first-order valence-electron chi connectivity index (χ1n) is 9.82. The van der Waals surface area contributed by atoms with Crippen molar-refractivity contribution in [2.24, 2.45) is 4.99 Å². The maximum Gasteiger partial charge on any atom is 0.272 e. The number of benzene rings is 2. The molecule has 1 unspecified atom stereocenters. The van der Waals surface area contributed by atoms with Crippen molar-refractivity contribution in [2.45, 2.75) is 6.17 Å². The van der Waals surface area contributed by atoms with E-state index in [1.165, 1.54) is 29.7 Å². The number of para-hydroxylation sites is 1. The van der Waals surface area contributed by atoms with Crippen LogP contribution in [0.3, 0.4) is 0 Å². The van der Waals surface area contributed by atoms with Gasteiger partial charge in [-0.3, -0.25) is 9.59 Å². The number of halogens is 1. The topological polar surface area (TPSA) is 103 Å². The van der Waals surface area contributed by atoms with Gasteiger partial charge in [0.1, 0.15) is 17.8 Å². The molecule has 32 heavy (non-hydrogen) atoms. The first kappa shape index (κ1) is 19.6. The summed E-state index contributed by atoms with van der Waals surface area (Å²) in [6.07, 6.45) is 3.12. The third kappa shape index (κ3) is 3.20. The number of carbonyl (C=O) groups excluding carboxylic acids is 2. The largest absolute Gasteiger partial charge is 0.345 e. The normalized spacial score (nSPS) is 15.8. The molecule has 4 aromatic rings. The van der Waals surface area contributed by atoms with Crippen LogP contribution in [0.4, 0.5) is 10.1 Å². The number of aromatic nitrogens is 3. The lowest BCUT2D eigenvalue weighted by Gasteiger charge is -2.20. The number of aromatic amines is 1. The molecule has 2 aromatic heterocycles. The van der Waals surface area contributed by atoms with E-state index in [-0.39, 0.29) is 16.8 Å². The van der Waals surface area contributed by atoms with E-state index in [1.807, 2.05) is 0 Å². The van der Waals surface area contributed by atoms with Gasteiger partial charge in [0.25, 0.3) is 11.8 Å². The molecule has 0 saturated heterocycles. The Labute approximate surface area is 181 Å². The minimum atomic E-state index is -1.26. The zero-order valence-electron chi connectivity index (χ0n) is 16.9. The van der Waals surface area contributed by atoms with Crippen LogP contribution in [0.1, 0.15) is 21.5 Å². The fraction of sp³-hybridized carbons (Fsp3) is 0.0870. The smallest absolute Gasteiger partial charge is 0.272 e. The van der Waals surface area contributed by atoms with Gasteiger partial charge in [0, 0.05) is 36.0 Å². The molecule has 0 saturated carbocycles. The molecule has 0 fully saturated rings. The summed E-state index contributed by atoms with van der Waals surface area (Å²) in [5.41, 5.74) is 2.45. The molecule has 1 atom stereocenters. The number of amides is 2. The van der Waals surface area contributed by atoms with Crippen molar-refractivity contribution in [2.75, 3.05) is 11.9 Å². The average Bonchev–Trinajstić information content (AvgIpc) is 3.22. The van der Waals surface area contributed by atoms with Crippen LogP contribution in [0.5, 0.6) is 0 Å². The number of hydrogen-bond donors (Lipinski definition) is 2. The molecule has 0 radical (unpaired) electrons. The molecule has 0 bridgehead atoms. The van der Waals surface area contributed by atoms with Gasteiger partial charge in [0.2, 0.25) is 6.17 Å². The molecule has 158 valence electrons. The van der Waals surface area contributed by atoms with Crippen molar-refractivity contribution in [1.29, 1.82) is 0 Å². The van der Waals surface area contributed by atoms with Crippen LogP contribution in [0.25, 0.3) is 11.0 Å². The zero-order valence-corrected chi connectivity index (χ0v) is 16.9. The van der Waals surface area contributed by atoms with E-state index in [2.05, 4.69) is 25.3 Å². The summed E-state index contributed by atoms with van der Waals surface area (Å²) in [6.45, 7) is 0. The summed E-state index contributed by atoms with van der Waals surface area (Å²) in [5.74, 6) is -1.45. The van der Waals surface area contributed by atoms with E-state index in [0.717, 1.165) is 0 Å². The van der Waals surface area contributed by atoms with E-state index >= 15 is 0 Å². The van der Waals surface area contributed by atoms with Crippen LogP contribution in [0, 0.1) is 5.82 Å². The van der Waals surface area contributed by atoms with Crippen molar-refractivity contribution in [1.82, 2.24) is 20.3 Å². The third-order valence-corrected chi connectivity index (χ3v) is 5.34. The highest BCUT2D eigenvalue weighted by molar-refractivity contribution is 6.20. The van der Waals surface area contributed by atoms with Gasteiger partial charge in [-0.05, 0) is 18.2 Å². The Hall–Kier alpha value is -4.40. The second-order valence-corrected chi connectivity index (χ2v) is 7.24. The van der Waals surface area contributed by atoms with E-state index in [4.69, 9.17) is 0 Å². The minimum Gasteiger partial charge on any atom is -0.345 e. The summed E-state index contributed by atoms with van der Waals surface area (Å²) in [6, 6.07) is 13.3. The Morgan fingerprint density at radius 2 is 1.88 bits per heavy atom. The average molecular weight is 428 g/mol. The molecule has 0 spiro atoms. The number of anilines is 1. The number of nitrogens with zero attached hydrogens (tertiary/aromatic N) is 4.